The number of β-amino-alcohol motifs (C(OH)–C–C–N with tert-alkyl or cyclic N) is 1. The standard InChI is InChI=1S/C62H73N7O9S/c1-9-67(47-21-25-76-26-22-47)54-29-46(28-51(39(54)6)58(71)63-32-53-37(4)27-38(5)65-59(53)72)43-15-18-49(19-16-43)77-23-10-24-78-50-20-17-45-33-69(61(74)52(45)31-50)56(36(2)3)62(75)68-34-48(70)30-55(68)60(73)66-40(7)42-11-13-44(14-12-42)57-41(8)64-35-79-57/h11-20,27-29,31,35-36,40,47-48,55-56,70H,9-10,21-26,30,32-34H2,1-8H3,(H,63,71)(H,65,72)(H,66,73)/t40-,48+,55-,56+/m0/s1. The van der Waals surface area contributed by atoms with Gasteiger partial charge in [-0.3, -0.25) is 24.0 Å². The van der Waals surface area contributed by atoms with Gasteiger partial charge in [-0.15, -0.1) is 11.3 Å². The van der Waals surface area contributed by atoms with Crippen LogP contribution in [0.2, 0.25) is 0 Å². The van der Waals surface area contributed by atoms with Gasteiger partial charge in [-0.05, 0) is 142 Å². The average molecular weight is 1090 g/mol. The Morgan fingerprint density at radius 3 is 2.25 bits per heavy atom. The number of H-pyrrole nitrogens is 1. The van der Waals surface area contributed by atoms with Crippen LogP contribution < -0.4 is 30.6 Å². The van der Waals surface area contributed by atoms with Crippen molar-refractivity contribution in [3.8, 4) is 33.1 Å². The van der Waals surface area contributed by atoms with Crippen LogP contribution in [0.1, 0.15) is 119 Å². The molecular formula is C62H73N7O9S. The van der Waals surface area contributed by atoms with Gasteiger partial charge in [0, 0.05) is 86.3 Å². The number of hydrogen-bond donors (Lipinski definition) is 4. The van der Waals surface area contributed by atoms with Gasteiger partial charge in [-0.2, -0.15) is 0 Å². The zero-order valence-corrected chi connectivity index (χ0v) is 47.3. The highest BCUT2D eigenvalue weighted by Gasteiger charge is 2.46. The average Bonchev–Trinajstić information content (AvgIpc) is 4.19. The number of aliphatic hydroxyl groups excluding tert-OH is 1. The molecule has 4 N–H and O–H groups in total. The topological polar surface area (TPSA) is 196 Å². The van der Waals surface area contributed by atoms with Crippen molar-refractivity contribution in [2.24, 2.45) is 5.92 Å². The number of hydrogen-bond acceptors (Lipinski definition) is 12. The molecular weight excluding hydrogens is 1020 g/mol. The Bertz CT molecular complexity index is 3240. The lowest BCUT2D eigenvalue weighted by molar-refractivity contribution is -0.143. The maximum absolute atomic E-state index is 14.5. The zero-order valence-electron chi connectivity index (χ0n) is 46.5. The van der Waals surface area contributed by atoms with Crippen molar-refractivity contribution < 1.29 is 38.5 Å². The Labute approximate surface area is 466 Å². The molecule has 4 amide bonds. The van der Waals surface area contributed by atoms with E-state index in [2.05, 4.69) is 38.5 Å². The largest absolute Gasteiger partial charge is 0.493 e. The summed E-state index contributed by atoms with van der Waals surface area (Å²) in [5.74, 6) is -0.357. The van der Waals surface area contributed by atoms with E-state index >= 15 is 0 Å². The van der Waals surface area contributed by atoms with Crippen molar-refractivity contribution in [2.75, 3.05) is 44.4 Å². The molecule has 0 bridgehead atoms. The fourth-order valence-corrected chi connectivity index (χ4v) is 12.1. The lowest BCUT2D eigenvalue weighted by atomic mass is 9.95. The van der Waals surface area contributed by atoms with Crippen molar-refractivity contribution in [1.29, 1.82) is 0 Å². The van der Waals surface area contributed by atoms with Crippen molar-refractivity contribution in [1.82, 2.24) is 30.4 Å². The van der Waals surface area contributed by atoms with Crippen LogP contribution in [0.5, 0.6) is 11.5 Å². The molecule has 2 saturated heterocycles. The van der Waals surface area contributed by atoms with E-state index in [9.17, 15) is 29.1 Å². The van der Waals surface area contributed by atoms with Crippen molar-refractivity contribution >= 4 is 40.7 Å². The number of ether oxygens (including phenoxy) is 3. The molecule has 5 heterocycles. The first-order chi connectivity index (χ1) is 38.0. The highest BCUT2D eigenvalue weighted by atomic mass is 32.1. The third kappa shape index (κ3) is 12.6. The Kier molecular flexibility index (Phi) is 17.7. The molecule has 3 aliphatic heterocycles. The molecule has 0 radical (unpaired) electrons. The van der Waals surface area contributed by atoms with Crippen LogP contribution in [0.3, 0.4) is 0 Å². The summed E-state index contributed by atoms with van der Waals surface area (Å²) in [7, 11) is 0. The van der Waals surface area contributed by atoms with E-state index in [0.29, 0.717) is 61.0 Å². The van der Waals surface area contributed by atoms with Crippen molar-refractivity contribution in [2.45, 2.75) is 124 Å². The van der Waals surface area contributed by atoms with E-state index in [-0.39, 0.29) is 73.2 Å². The Balaban J connectivity index is 0.799. The highest BCUT2D eigenvalue weighted by molar-refractivity contribution is 7.13. The quantitative estimate of drug-likeness (QED) is 0.0533. The normalized spacial score (nSPS) is 17.2. The SMILES string of the molecule is CCN(c1cc(-c2ccc(OCCCOc3ccc4c(c3)C(=O)N([C@@H](C(=O)N3C[C@H](O)C[C@H]3C(=O)N[C@@H](C)c3ccc(-c5scnc5C)cc3)C(C)C)C4)cc2)cc(C(=O)NCc2c(C)cc(C)[nH]c2=O)c1C)C1CCOCC1. The molecule has 3 aliphatic rings. The lowest BCUT2D eigenvalue weighted by Crippen LogP contribution is -2.55. The number of nitrogens with zero attached hydrogens (tertiary/aromatic N) is 4. The van der Waals surface area contributed by atoms with Crippen molar-refractivity contribution in [3.05, 3.63) is 151 Å². The minimum Gasteiger partial charge on any atom is -0.493 e. The van der Waals surface area contributed by atoms with Gasteiger partial charge in [0.25, 0.3) is 17.4 Å². The van der Waals surface area contributed by atoms with Gasteiger partial charge in [-0.25, -0.2) is 4.98 Å². The molecule has 2 aromatic heterocycles. The van der Waals surface area contributed by atoms with E-state index < -0.39 is 18.2 Å². The zero-order chi connectivity index (χ0) is 56.1. The molecule has 6 aromatic rings. The second kappa shape index (κ2) is 24.8. The number of benzene rings is 4. The number of pyridine rings is 1. The number of amides is 4. The summed E-state index contributed by atoms with van der Waals surface area (Å²) in [6.45, 7) is 18.6. The van der Waals surface area contributed by atoms with Crippen LogP contribution in [-0.4, -0.2) is 112 Å². The van der Waals surface area contributed by atoms with Crippen LogP contribution in [-0.2, 0) is 27.4 Å². The van der Waals surface area contributed by atoms with E-state index in [1.54, 1.807) is 22.3 Å². The third-order valence-corrected chi connectivity index (χ3v) is 16.6. The molecule has 16 nitrogen and oxygen atoms in total. The fraction of sp³-hybridized carbons (Fsp3) is 0.419. The molecule has 17 heteroatoms. The number of thiazole rings is 1. The number of rotatable bonds is 20. The summed E-state index contributed by atoms with van der Waals surface area (Å²) < 4.78 is 18.0. The number of aromatic nitrogens is 2. The number of aryl methyl sites for hydroxylation is 3. The molecule has 0 aliphatic carbocycles. The van der Waals surface area contributed by atoms with E-state index in [0.717, 1.165) is 80.3 Å². The molecule has 4 atom stereocenters. The molecule has 0 spiro atoms. The smallest absolute Gasteiger partial charge is 0.255 e. The first kappa shape index (κ1) is 56.4. The molecule has 4 aromatic carbocycles. The minimum atomic E-state index is -0.897. The number of likely N-dealkylation sites (tertiary alicyclic amines) is 1. The predicted octanol–water partition coefficient (Wildman–Crippen LogP) is 9.00. The summed E-state index contributed by atoms with van der Waals surface area (Å²) in [4.78, 5) is 83.1. The van der Waals surface area contributed by atoms with Gasteiger partial charge in [0.2, 0.25) is 11.8 Å². The third-order valence-electron chi connectivity index (χ3n) is 15.6. The number of carbonyl (C=O) groups excluding carboxylic acids is 4. The number of aliphatic hydroxyl groups is 1. The van der Waals surface area contributed by atoms with Gasteiger partial charge >= 0.3 is 0 Å². The maximum atomic E-state index is 14.5. The Hall–Kier alpha value is -7.34. The van der Waals surface area contributed by atoms with E-state index in [1.165, 1.54) is 4.90 Å². The fourth-order valence-electron chi connectivity index (χ4n) is 11.3. The van der Waals surface area contributed by atoms with Crippen LogP contribution in [0.4, 0.5) is 5.69 Å². The summed E-state index contributed by atoms with van der Waals surface area (Å²) in [5, 5.41) is 16.9. The first-order valence-electron chi connectivity index (χ1n) is 27.5. The second-order valence-corrected chi connectivity index (χ2v) is 22.3. The van der Waals surface area contributed by atoms with Crippen LogP contribution in [0, 0.1) is 33.6 Å². The lowest BCUT2D eigenvalue weighted by Gasteiger charge is -2.37. The number of anilines is 1. The number of nitrogens with one attached hydrogen (secondary N) is 3. The van der Waals surface area contributed by atoms with Gasteiger partial charge in [-0.1, -0.05) is 56.3 Å². The van der Waals surface area contributed by atoms with Gasteiger partial charge in [0.15, 0.2) is 0 Å². The van der Waals surface area contributed by atoms with Crippen molar-refractivity contribution in [3.63, 3.8) is 0 Å². The van der Waals surface area contributed by atoms with Crippen LogP contribution in [0.15, 0.2) is 95.2 Å². The van der Waals surface area contributed by atoms with E-state index in [1.807, 2.05) is 127 Å². The van der Waals surface area contributed by atoms with E-state index in [4.69, 9.17) is 14.2 Å². The number of carbonyl (C=O) groups is 4. The first-order valence-corrected chi connectivity index (χ1v) is 28.4. The van der Waals surface area contributed by atoms with Gasteiger partial charge in [0.05, 0.1) is 41.4 Å². The predicted molar refractivity (Wildman–Crippen MR) is 307 cm³/mol. The van der Waals surface area contributed by atoms with Gasteiger partial charge < -0.3 is 49.6 Å². The van der Waals surface area contributed by atoms with Gasteiger partial charge in [0.1, 0.15) is 23.6 Å². The van der Waals surface area contributed by atoms with Crippen LogP contribution >= 0.6 is 11.3 Å². The molecule has 79 heavy (non-hydrogen) atoms. The summed E-state index contributed by atoms with van der Waals surface area (Å²) in [5.41, 5.74) is 12.1. The monoisotopic (exact) mass is 1090 g/mol. The molecule has 0 saturated carbocycles. The summed E-state index contributed by atoms with van der Waals surface area (Å²) >= 11 is 1.58. The molecule has 0 unspecified atom stereocenters. The number of fused-ring (bicyclic) bond motifs is 1. The Morgan fingerprint density at radius 1 is 0.886 bits per heavy atom. The molecule has 2 fully saturated rings. The highest BCUT2D eigenvalue weighted by Crippen LogP contribution is 2.36. The second-order valence-electron chi connectivity index (χ2n) is 21.5. The maximum Gasteiger partial charge on any atom is 0.255 e. The Morgan fingerprint density at radius 2 is 1.58 bits per heavy atom. The molecule has 9 rings (SSSR count). The summed E-state index contributed by atoms with van der Waals surface area (Å²) in [6.07, 6.45) is 1.56. The summed E-state index contributed by atoms with van der Waals surface area (Å²) in [6, 6.07) is 25.3. The minimum absolute atomic E-state index is 0.00685. The molecule has 416 valence electrons. The van der Waals surface area contributed by atoms with Crippen LogP contribution in [0.25, 0.3) is 21.6 Å². The number of aromatic amines is 1.